The molecule has 0 fully saturated rings. The molecule has 23 heavy (non-hydrogen) atoms. The van der Waals surface area contributed by atoms with Crippen LogP contribution in [0.5, 0.6) is 5.75 Å². The van der Waals surface area contributed by atoms with E-state index in [2.05, 4.69) is 26.6 Å². The minimum Gasteiger partial charge on any atom is -0.495 e. The maximum atomic E-state index is 12.0. The number of carbonyl (C=O) groups is 1. The van der Waals surface area contributed by atoms with Gasteiger partial charge in [-0.25, -0.2) is 0 Å². The highest BCUT2D eigenvalue weighted by atomic mass is 79.9. The molecule has 122 valence electrons. The Hall–Kier alpha value is -1.72. The molecule has 0 heterocycles. The molecule has 1 amide bonds. The van der Waals surface area contributed by atoms with E-state index in [1.807, 2.05) is 25.1 Å². The van der Waals surface area contributed by atoms with Crippen molar-refractivity contribution in [3.05, 3.63) is 51.5 Å². The van der Waals surface area contributed by atoms with Crippen LogP contribution in [0, 0.1) is 6.92 Å². The van der Waals surface area contributed by atoms with E-state index in [0.717, 1.165) is 21.4 Å². The number of anilines is 2. The molecular formula is C17H18BrClN2O2. The first-order chi connectivity index (χ1) is 11.0. The van der Waals surface area contributed by atoms with Crippen LogP contribution in [0.15, 0.2) is 40.9 Å². The molecule has 2 N–H and O–H groups in total. The van der Waals surface area contributed by atoms with Crippen LogP contribution < -0.4 is 15.4 Å². The first kappa shape index (κ1) is 17.6. The summed E-state index contributed by atoms with van der Waals surface area (Å²) in [6.07, 6.45) is 0.329. The number of carbonyl (C=O) groups excluding carboxylic acids is 1. The number of halogens is 2. The van der Waals surface area contributed by atoms with Crippen LogP contribution in [0.25, 0.3) is 0 Å². The Labute approximate surface area is 149 Å². The summed E-state index contributed by atoms with van der Waals surface area (Å²) >= 11 is 9.42. The molecule has 0 unspecified atom stereocenters. The molecule has 2 aromatic rings. The Bertz CT molecular complexity index is 707. The van der Waals surface area contributed by atoms with Crippen molar-refractivity contribution >= 4 is 44.8 Å². The smallest absolute Gasteiger partial charge is 0.226 e. The van der Waals surface area contributed by atoms with Crippen molar-refractivity contribution in [2.45, 2.75) is 13.3 Å². The molecular weight excluding hydrogens is 380 g/mol. The Balaban J connectivity index is 1.89. The van der Waals surface area contributed by atoms with E-state index >= 15 is 0 Å². The highest BCUT2D eigenvalue weighted by molar-refractivity contribution is 9.10. The van der Waals surface area contributed by atoms with Gasteiger partial charge in [-0.15, -0.1) is 0 Å². The summed E-state index contributed by atoms with van der Waals surface area (Å²) in [5.74, 6) is 0.624. The van der Waals surface area contributed by atoms with Crippen molar-refractivity contribution in [3.8, 4) is 5.75 Å². The molecule has 0 atom stereocenters. The van der Waals surface area contributed by atoms with Crippen LogP contribution in [0.2, 0.25) is 5.02 Å². The van der Waals surface area contributed by atoms with Crippen LogP contribution >= 0.6 is 27.5 Å². The Morgan fingerprint density at radius 3 is 2.70 bits per heavy atom. The van der Waals surface area contributed by atoms with Gasteiger partial charge in [0.25, 0.3) is 0 Å². The van der Waals surface area contributed by atoms with E-state index in [1.165, 1.54) is 0 Å². The van der Waals surface area contributed by atoms with E-state index in [9.17, 15) is 4.79 Å². The van der Waals surface area contributed by atoms with E-state index in [0.29, 0.717) is 23.7 Å². The van der Waals surface area contributed by atoms with Crippen molar-refractivity contribution in [3.63, 3.8) is 0 Å². The Morgan fingerprint density at radius 2 is 2.00 bits per heavy atom. The second kappa shape index (κ2) is 8.22. The molecule has 0 spiro atoms. The third-order valence-corrected chi connectivity index (χ3v) is 4.12. The van der Waals surface area contributed by atoms with Crippen molar-refractivity contribution in [2.24, 2.45) is 0 Å². The average molecular weight is 398 g/mol. The van der Waals surface area contributed by atoms with Gasteiger partial charge in [-0.05, 0) is 58.7 Å². The summed E-state index contributed by atoms with van der Waals surface area (Å²) < 4.78 is 6.12. The Morgan fingerprint density at radius 1 is 1.22 bits per heavy atom. The highest BCUT2D eigenvalue weighted by Gasteiger charge is 2.07. The molecule has 0 aliphatic rings. The standard InChI is InChI=1S/C17H18BrClN2O2/c1-11-3-5-14(13(18)9-11)21-17(22)7-8-20-15-10-12(19)4-6-16(15)23-2/h3-6,9-10,20H,7-8H2,1-2H3,(H,21,22). The van der Waals surface area contributed by atoms with Gasteiger partial charge in [0.2, 0.25) is 5.91 Å². The van der Waals surface area contributed by atoms with Crippen LogP contribution in [-0.4, -0.2) is 19.6 Å². The number of hydrogen-bond donors (Lipinski definition) is 2. The van der Waals surface area contributed by atoms with Crippen molar-refractivity contribution in [1.82, 2.24) is 0 Å². The van der Waals surface area contributed by atoms with Crippen LogP contribution in [0.3, 0.4) is 0 Å². The number of aryl methyl sites for hydroxylation is 1. The van der Waals surface area contributed by atoms with Crippen LogP contribution in [0.1, 0.15) is 12.0 Å². The molecule has 2 aromatic carbocycles. The number of methoxy groups -OCH3 is 1. The third-order valence-electron chi connectivity index (χ3n) is 3.23. The summed E-state index contributed by atoms with van der Waals surface area (Å²) in [7, 11) is 1.59. The molecule has 0 aromatic heterocycles. The lowest BCUT2D eigenvalue weighted by molar-refractivity contribution is -0.115. The number of amides is 1. The zero-order chi connectivity index (χ0) is 16.8. The van der Waals surface area contributed by atoms with Gasteiger partial charge in [0.15, 0.2) is 0 Å². The maximum Gasteiger partial charge on any atom is 0.226 e. The fourth-order valence-corrected chi connectivity index (χ4v) is 2.83. The largest absolute Gasteiger partial charge is 0.495 e. The first-order valence-corrected chi connectivity index (χ1v) is 8.30. The highest BCUT2D eigenvalue weighted by Crippen LogP contribution is 2.27. The number of nitrogens with one attached hydrogen (secondary N) is 2. The van der Waals surface area contributed by atoms with Gasteiger partial charge < -0.3 is 15.4 Å². The van der Waals surface area contributed by atoms with E-state index in [4.69, 9.17) is 16.3 Å². The SMILES string of the molecule is COc1ccc(Cl)cc1NCCC(=O)Nc1ccc(C)cc1Br. The van der Waals surface area contributed by atoms with Gasteiger partial charge in [-0.3, -0.25) is 4.79 Å². The number of benzene rings is 2. The second-order valence-electron chi connectivity index (χ2n) is 5.05. The van der Waals surface area contributed by atoms with Gasteiger partial charge in [-0.1, -0.05) is 17.7 Å². The monoisotopic (exact) mass is 396 g/mol. The zero-order valence-corrected chi connectivity index (χ0v) is 15.3. The minimum absolute atomic E-state index is 0.0666. The van der Waals surface area contributed by atoms with Gasteiger partial charge in [-0.2, -0.15) is 0 Å². The summed E-state index contributed by atoms with van der Waals surface area (Å²) in [5, 5.41) is 6.66. The lowest BCUT2D eigenvalue weighted by Crippen LogP contribution is -2.16. The lowest BCUT2D eigenvalue weighted by Gasteiger charge is -2.12. The molecule has 0 radical (unpaired) electrons. The van der Waals surface area contributed by atoms with Crippen LogP contribution in [-0.2, 0) is 4.79 Å². The molecule has 4 nitrogen and oxygen atoms in total. The summed E-state index contributed by atoms with van der Waals surface area (Å²) in [5.41, 5.74) is 2.66. The molecule has 6 heteroatoms. The van der Waals surface area contributed by atoms with Crippen LogP contribution in [0.4, 0.5) is 11.4 Å². The Kier molecular flexibility index (Phi) is 6.30. The third kappa shape index (κ3) is 5.15. The molecule has 0 aliphatic heterocycles. The fraction of sp³-hybridized carbons (Fsp3) is 0.235. The molecule has 0 saturated heterocycles. The number of hydrogen-bond acceptors (Lipinski definition) is 3. The predicted molar refractivity (Wildman–Crippen MR) is 98.6 cm³/mol. The zero-order valence-electron chi connectivity index (χ0n) is 13.0. The molecule has 0 saturated carbocycles. The maximum absolute atomic E-state index is 12.0. The van der Waals surface area contributed by atoms with Gasteiger partial charge in [0.05, 0.1) is 18.5 Å². The van der Waals surface area contributed by atoms with E-state index in [-0.39, 0.29) is 5.91 Å². The average Bonchev–Trinajstić information content (AvgIpc) is 2.50. The minimum atomic E-state index is -0.0666. The fourth-order valence-electron chi connectivity index (χ4n) is 2.06. The van der Waals surface area contributed by atoms with Gasteiger partial charge >= 0.3 is 0 Å². The van der Waals surface area contributed by atoms with Gasteiger partial charge in [0, 0.05) is 22.5 Å². The first-order valence-electron chi connectivity index (χ1n) is 7.13. The summed E-state index contributed by atoms with van der Waals surface area (Å²) in [6.45, 7) is 2.48. The quantitative estimate of drug-likeness (QED) is 0.732. The lowest BCUT2D eigenvalue weighted by atomic mass is 10.2. The topological polar surface area (TPSA) is 50.4 Å². The number of ether oxygens (including phenoxy) is 1. The molecule has 0 aliphatic carbocycles. The van der Waals surface area contributed by atoms with Crippen molar-refractivity contribution in [2.75, 3.05) is 24.3 Å². The summed E-state index contributed by atoms with van der Waals surface area (Å²) in [4.78, 5) is 12.0. The van der Waals surface area contributed by atoms with E-state index < -0.39 is 0 Å². The van der Waals surface area contributed by atoms with Gasteiger partial charge in [0.1, 0.15) is 5.75 Å². The van der Waals surface area contributed by atoms with E-state index in [1.54, 1.807) is 25.3 Å². The second-order valence-corrected chi connectivity index (χ2v) is 6.34. The van der Waals surface area contributed by atoms with Crippen molar-refractivity contribution in [1.29, 1.82) is 0 Å². The number of rotatable bonds is 6. The molecule has 2 rings (SSSR count). The normalized spacial score (nSPS) is 10.3. The van der Waals surface area contributed by atoms with Crippen molar-refractivity contribution < 1.29 is 9.53 Å². The summed E-state index contributed by atoms with van der Waals surface area (Å²) in [6, 6.07) is 11.1. The molecule has 0 bridgehead atoms. The predicted octanol–water partition coefficient (Wildman–Crippen LogP) is 4.86.